The number of carbonyl (C=O) groups excluding carboxylic acids is 4. The Hall–Kier alpha value is -1.94. The van der Waals surface area contributed by atoms with E-state index in [1.54, 1.807) is 0 Å². The number of esters is 4. The molecule has 0 bridgehead atoms. The third kappa shape index (κ3) is 63.9. The summed E-state index contributed by atoms with van der Waals surface area (Å²) in [6.45, 7) is 14.1. The number of rotatable bonds is 69. The second-order valence-electron chi connectivity index (χ2n) is 27.4. The van der Waals surface area contributed by atoms with Crippen molar-refractivity contribution in [2.45, 2.75) is 375 Å². The van der Waals surface area contributed by atoms with Crippen molar-refractivity contribution in [2.75, 3.05) is 39.6 Å². The van der Waals surface area contributed by atoms with Gasteiger partial charge in [0, 0.05) is 25.7 Å². The Bertz CT molecular complexity index is 1800. The number of phosphoric acid groups is 2. The molecule has 5 unspecified atom stereocenters. The van der Waals surface area contributed by atoms with E-state index in [2.05, 4.69) is 55.4 Å². The van der Waals surface area contributed by atoms with Crippen LogP contribution in [0.2, 0.25) is 0 Å². The molecule has 0 aliphatic heterocycles. The van der Waals surface area contributed by atoms with Crippen molar-refractivity contribution in [3.8, 4) is 0 Å². The van der Waals surface area contributed by atoms with Crippen molar-refractivity contribution >= 4 is 39.5 Å². The monoisotopic (exact) mass is 1340 g/mol. The maximum Gasteiger partial charge on any atom is 0.472 e. The van der Waals surface area contributed by atoms with Gasteiger partial charge in [0.15, 0.2) is 12.2 Å². The maximum absolute atomic E-state index is 13.0. The summed E-state index contributed by atoms with van der Waals surface area (Å²) in [6, 6.07) is 0. The quantitative estimate of drug-likeness (QED) is 0.0222. The third-order valence-electron chi connectivity index (χ3n) is 17.3. The number of hydrogen-bond acceptors (Lipinski definition) is 15. The Balaban J connectivity index is 5.26. The molecule has 0 rings (SSSR count). The molecule has 0 aliphatic rings. The lowest BCUT2D eigenvalue weighted by Crippen LogP contribution is -2.30. The van der Waals surface area contributed by atoms with Crippen molar-refractivity contribution in [3.05, 3.63) is 0 Å². The minimum atomic E-state index is -4.95. The van der Waals surface area contributed by atoms with Crippen LogP contribution in [0.4, 0.5) is 0 Å². The topological polar surface area (TPSA) is 237 Å². The lowest BCUT2D eigenvalue weighted by atomic mass is 9.99. The van der Waals surface area contributed by atoms with E-state index in [1.165, 1.54) is 154 Å². The first-order valence-corrected chi connectivity index (χ1v) is 40.3. The maximum atomic E-state index is 13.0. The van der Waals surface area contributed by atoms with Gasteiger partial charge in [-0.2, -0.15) is 0 Å². The first-order chi connectivity index (χ1) is 43.7. The lowest BCUT2D eigenvalue weighted by molar-refractivity contribution is -0.161. The average Bonchev–Trinajstić information content (AvgIpc) is 3.71. The van der Waals surface area contributed by atoms with Gasteiger partial charge in [-0.1, -0.05) is 306 Å². The zero-order valence-electron chi connectivity index (χ0n) is 59.5. The molecule has 0 saturated carbocycles. The summed E-state index contributed by atoms with van der Waals surface area (Å²) in [7, 11) is -9.91. The molecule has 7 atom stereocenters. The van der Waals surface area contributed by atoms with E-state index in [1.807, 2.05) is 0 Å². The summed E-state index contributed by atoms with van der Waals surface area (Å²) in [6.07, 6.45) is 44.4. The lowest BCUT2D eigenvalue weighted by Gasteiger charge is -2.21. The van der Waals surface area contributed by atoms with Crippen LogP contribution >= 0.6 is 15.6 Å². The molecule has 3 N–H and O–H groups in total. The van der Waals surface area contributed by atoms with Crippen LogP contribution < -0.4 is 0 Å². The van der Waals surface area contributed by atoms with Crippen LogP contribution in [0.5, 0.6) is 0 Å². The molecule has 91 heavy (non-hydrogen) atoms. The molecule has 0 amide bonds. The second-order valence-corrected chi connectivity index (χ2v) is 30.3. The largest absolute Gasteiger partial charge is 0.472 e. The van der Waals surface area contributed by atoms with Gasteiger partial charge >= 0.3 is 39.5 Å². The van der Waals surface area contributed by atoms with Crippen molar-refractivity contribution in [1.29, 1.82) is 0 Å². The van der Waals surface area contributed by atoms with Gasteiger partial charge in [-0.25, -0.2) is 9.13 Å². The summed E-state index contributed by atoms with van der Waals surface area (Å²) in [5.74, 6) is 0.919. The van der Waals surface area contributed by atoms with Crippen LogP contribution in [-0.4, -0.2) is 96.7 Å². The van der Waals surface area contributed by atoms with E-state index in [-0.39, 0.29) is 25.7 Å². The summed E-state index contributed by atoms with van der Waals surface area (Å²) >= 11 is 0. The van der Waals surface area contributed by atoms with Gasteiger partial charge < -0.3 is 33.8 Å². The number of ether oxygens (including phenoxy) is 4. The number of phosphoric ester groups is 2. The highest BCUT2D eigenvalue weighted by atomic mass is 31.2. The minimum Gasteiger partial charge on any atom is -0.462 e. The Labute approximate surface area is 556 Å². The molecule has 0 saturated heterocycles. The molecule has 0 aromatic rings. The summed E-state index contributed by atoms with van der Waals surface area (Å²) < 4.78 is 68.4. The molecule has 540 valence electrons. The minimum absolute atomic E-state index is 0.105. The van der Waals surface area contributed by atoms with Crippen molar-refractivity contribution < 1.29 is 80.2 Å². The van der Waals surface area contributed by atoms with Gasteiger partial charge in [0.05, 0.1) is 26.4 Å². The van der Waals surface area contributed by atoms with Gasteiger partial charge in [0.25, 0.3) is 0 Å². The van der Waals surface area contributed by atoms with E-state index in [4.69, 9.17) is 37.0 Å². The molecule has 17 nitrogen and oxygen atoms in total. The fraction of sp³-hybridized carbons (Fsp3) is 0.944. The third-order valence-corrected chi connectivity index (χ3v) is 19.2. The molecule has 0 heterocycles. The number of hydrogen-bond donors (Lipinski definition) is 3. The summed E-state index contributed by atoms with van der Waals surface area (Å²) in [5, 5.41) is 10.6. The molecular formula is C72H140O17P2. The van der Waals surface area contributed by atoms with Crippen LogP contribution in [0, 0.1) is 23.7 Å². The SMILES string of the molecule is CCC(C)CCCCCCCCCCCCC(=O)O[C@H](COC(=O)CCCCCCCCCCC(C)C)COP(=O)(O)OCC(O)COP(=O)(O)OC[C@@H](COC(=O)CCCCCCCCC(C)CC)OC(=O)CCCCCCCCCCCCCCCC(C)C. The number of aliphatic hydroxyl groups is 1. The molecule has 0 fully saturated rings. The van der Waals surface area contributed by atoms with Crippen molar-refractivity contribution in [2.24, 2.45) is 23.7 Å². The molecule has 19 heteroatoms. The van der Waals surface area contributed by atoms with Crippen LogP contribution in [0.15, 0.2) is 0 Å². The smallest absolute Gasteiger partial charge is 0.462 e. The zero-order valence-corrected chi connectivity index (χ0v) is 61.3. The highest BCUT2D eigenvalue weighted by Gasteiger charge is 2.30. The van der Waals surface area contributed by atoms with E-state index in [0.29, 0.717) is 25.7 Å². The highest BCUT2D eigenvalue weighted by molar-refractivity contribution is 7.47. The Kier molecular flexibility index (Phi) is 60.3. The van der Waals surface area contributed by atoms with E-state index < -0.39 is 97.5 Å². The predicted octanol–water partition coefficient (Wildman–Crippen LogP) is 20.5. The van der Waals surface area contributed by atoms with Gasteiger partial charge in [-0.3, -0.25) is 37.3 Å². The predicted molar refractivity (Wildman–Crippen MR) is 367 cm³/mol. The number of unbranched alkanes of at least 4 members (excludes halogenated alkanes) is 33. The first kappa shape index (κ1) is 89.1. The fourth-order valence-electron chi connectivity index (χ4n) is 10.8. The van der Waals surface area contributed by atoms with Crippen LogP contribution in [0.25, 0.3) is 0 Å². The molecule has 0 spiro atoms. The molecule has 0 aromatic carbocycles. The summed E-state index contributed by atoms with van der Waals surface area (Å²) in [5.41, 5.74) is 0. The second kappa shape index (κ2) is 61.6. The van der Waals surface area contributed by atoms with Gasteiger partial charge in [0.1, 0.15) is 19.3 Å². The molecule has 0 radical (unpaired) electrons. The Morgan fingerprint density at radius 1 is 0.308 bits per heavy atom. The number of carbonyl (C=O) groups is 4. The first-order valence-electron chi connectivity index (χ1n) is 37.3. The number of aliphatic hydroxyl groups excluding tert-OH is 1. The zero-order chi connectivity index (χ0) is 67.5. The van der Waals surface area contributed by atoms with E-state index in [9.17, 15) is 43.2 Å². The van der Waals surface area contributed by atoms with Gasteiger partial charge in [-0.15, -0.1) is 0 Å². The van der Waals surface area contributed by atoms with Gasteiger partial charge in [0.2, 0.25) is 0 Å². The highest BCUT2D eigenvalue weighted by Crippen LogP contribution is 2.45. The molecule has 0 aliphatic carbocycles. The van der Waals surface area contributed by atoms with Crippen LogP contribution in [-0.2, 0) is 65.4 Å². The molecule has 0 aromatic heterocycles. The fourth-order valence-corrected chi connectivity index (χ4v) is 12.4. The van der Waals surface area contributed by atoms with Crippen LogP contribution in [0.3, 0.4) is 0 Å². The molecular weight excluding hydrogens is 1200 g/mol. The Morgan fingerprint density at radius 2 is 0.527 bits per heavy atom. The normalized spacial score (nSPS) is 14.8. The standard InChI is InChI=1S/C72H140O17P2/c1-9-64(7)50-42-34-26-19-16-17-21-29-39-47-55-72(77)88-67(58-82-69(74)52-44-36-27-23-22-25-33-41-49-63(5)6)60-86-90(78,79)84-56-66(73)57-85-91(80,81)87-61-68(59-83-70(75)53-45-37-31-30-35-43-51-65(8)10-2)89-71(76)54-46-38-28-20-15-13-11-12-14-18-24-32-40-48-62(3)4/h62-68,73H,9-61H2,1-8H3,(H,78,79)(H,80,81)/t64?,65?,66?,67-,68-/m1/s1. The van der Waals surface area contributed by atoms with Crippen LogP contribution in [0.1, 0.15) is 357 Å². The summed E-state index contributed by atoms with van der Waals surface area (Å²) in [4.78, 5) is 72.6. The Morgan fingerprint density at radius 3 is 0.780 bits per heavy atom. The van der Waals surface area contributed by atoms with E-state index in [0.717, 1.165) is 120 Å². The van der Waals surface area contributed by atoms with Crippen molar-refractivity contribution in [1.82, 2.24) is 0 Å². The van der Waals surface area contributed by atoms with Crippen molar-refractivity contribution in [3.63, 3.8) is 0 Å². The van der Waals surface area contributed by atoms with E-state index >= 15 is 0 Å². The average molecular weight is 1340 g/mol. The van der Waals surface area contributed by atoms with Gasteiger partial charge in [-0.05, 0) is 49.4 Å².